The Bertz CT molecular complexity index is 472. The topological polar surface area (TPSA) is 12.9 Å². The van der Waals surface area contributed by atoms with Gasteiger partial charge in [0, 0.05) is 11.8 Å². The summed E-state index contributed by atoms with van der Waals surface area (Å²) in [4.78, 5) is 4.41. The van der Waals surface area contributed by atoms with Gasteiger partial charge in [-0.3, -0.25) is 4.98 Å². The molecule has 0 saturated heterocycles. The molecule has 76 valence electrons. The van der Waals surface area contributed by atoms with Crippen LogP contribution in [-0.2, 0) is 0 Å². The van der Waals surface area contributed by atoms with Crippen molar-refractivity contribution in [1.82, 2.24) is 4.98 Å². The summed E-state index contributed by atoms with van der Waals surface area (Å²) >= 11 is 0. The van der Waals surface area contributed by atoms with Crippen LogP contribution in [0.2, 0.25) is 0 Å². The van der Waals surface area contributed by atoms with Crippen LogP contribution in [-0.4, -0.2) is 4.98 Å². The van der Waals surface area contributed by atoms with Gasteiger partial charge in [-0.15, -0.1) is 0 Å². The van der Waals surface area contributed by atoms with E-state index in [0.717, 1.165) is 5.69 Å². The van der Waals surface area contributed by atoms with Gasteiger partial charge in [-0.1, -0.05) is 18.2 Å². The molecule has 0 spiro atoms. The highest BCUT2D eigenvalue weighted by atomic mass is 14.7. The van der Waals surface area contributed by atoms with Crippen molar-refractivity contribution in [2.75, 3.05) is 0 Å². The van der Waals surface area contributed by atoms with Crippen molar-refractivity contribution >= 4 is 0 Å². The van der Waals surface area contributed by atoms with E-state index < -0.39 is 0 Å². The van der Waals surface area contributed by atoms with Gasteiger partial charge in [0.2, 0.25) is 0 Å². The maximum Gasteiger partial charge on any atom is 0.0707 e. The Morgan fingerprint density at radius 1 is 0.867 bits per heavy atom. The number of pyridine rings is 1. The van der Waals surface area contributed by atoms with Gasteiger partial charge in [0.05, 0.1) is 5.69 Å². The molecule has 15 heavy (non-hydrogen) atoms. The Labute approximate surface area is 90.8 Å². The molecule has 1 aromatic carbocycles. The number of rotatable bonds is 1. The highest BCUT2D eigenvalue weighted by molar-refractivity contribution is 5.68. The number of benzene rings is 1. The molecule has 0 radical (unpaired) electrons. The van der Waals surface area contributed by atoms with Crippen LogP contribution >= 0.6 is 0 Å². The van der Waals surface area contributed by atoms with Crippen LogP contribution in [0.25, 0.3) is 11.3 Å². The van der Waals surface area contributed by atoms with Crippen molar-refractivity contribution in [1.29, 1.82) is 0 Å². The lowest BCUT2D eigenvalue weighted by molar-refractivity contribution is 1.25. The third kappa shape index (κ3) is 1.78. The van der Waals surface area contributed by atoms with Crippen LogP contribution in [0.3, 0.4) is 0 Å². The average Bonchev–Trinajstić information content (AvgIpc) is 2.26. The fourth-order valence-electron chi connectivity index (χ4n) is 1.86. The Kier molecular flexibility index (Phi) is 2.55. The molecule has 1 heterocycles. The van der Waals surface area contributed by atoms with E-state index in [-0.39, 0.29) is 0 Å². The molecule has 0 amide bonds. The van der Waals surface area contributed by atoms with E-state index in [1.807, 2.05) is 18.3 Å². The zero-order valence-electron chi connectivity index (χ0n) is 9.41. The van der Waals surface area contributed by atoms with Crippen LogP contribution in [0.5, 0.6) is 0 Å². The molecule has 2 aromatic rings. The van der Waals surface area contributed by atoms with E-state index >= 15 is 0 Å². The van der Waals surface area contributed by atoms with Crippen molar-refractivity contribution in [3.63, 3.8) is 0 Å². The van der Waals surface area contributed by atoms with E-state index in [9.17, 15) is 0 Å². The second kappa shape index (κ2) is 3.85. The molecule has 1 aromatic heterocycles. The zero-order chi connectivity index (χ0) is 10.8. The minimum Gasteiger partial charge on any atom is -0.256 e. The molecule has 0 unspecified atom stereocenters. The molecular formula is C14H15N. The van der Waals surface area contributed by atoms with Gasteiger partial charge in [0.25, 0.3) is 0 Å². The van der Waals surface area contributed by atoms with Gasteiger partial charge >= 0.3 is 0 Å². The first kappa shape index (κ1) is 9.91. The van der Waals surface area contributed by atoms with E-state index in [1.54, 1.807) is 0 Å². The second-order valence-corrected chi connectivity index (χ2v) is 3.91. The Morgan fingerprint density at radius 2 is 1.60 bits per heavy atom. The van der Waals surface area contributed by atoms with Gasteiger partial charge in [0.1, 0.15) is 0 Å². The molecule has 1 nitrogen and oxygen atoms in total. The molecule has 0 atom stereocenters. The van der Waals surface area contributed by atoms with Gasteiger partial charge in [-0.25, -0.2) is 0 Å². The van der Waals surface area contributed by atoms with Crippen molar-refractivity contribution < 1.29 is 0 Å². The Hall–Kier alpha value is -1.63. The maximum atomic E-state index is 4.41. The SMILES string of the molecule is Cc1ccc(C)c(-c2ccccn2)c1C. The third-order valence-electron chi connectivity index (χ3n) is 2.87. The first-order chi connectivity index (χ1) is 7.20. The molecule has 1 heteroatoms. The highest BCUT2D eigenvalue weighted by Crippen LogP contribution is 2.27. The number of aryl methyl sites for hydroxylation is 2. The fourth-order valence-corrected chi connectivity index (χ4v) is 1.86. The number of aromatic nitrogens is 1. The lowest BCUT2D eigenvalue weighted by Crippen LogP contribution is -1.92. The monoisotopic (exact) mass is 197 g/mol. The largest absolute Gasteiger partial charge is 0.256 e. The summed E-state index contributed by atoms with van der Waals surface area (Å²) in [6.07, 6.45) is 1.84. The zero-order valence-corrected chi connectivity index (χ0v) is 9.41. The lowest BCUT2D eigenvalue weighted by Gasteiger charge is -2.11. The van der Waals surface area contributed by atoms with Gasteiger partial charge in [-0.05, 0) is 49.6 Å². The maximum absolute atomic E-state index is 4.41. The van der Waals surface area contributed by atoms with Crippen LogP contribution in [0.4, 0.5) is 0 Å². The summed E-state index contributed by atoms with van der Waals surface area (Å²) in [5, 5.41) is 0. The molecule has 0 saturated carbocycles. The quantitative estimate of drug-likeness (QED) is 0.679. The molecule has 2 rings (SSSR count). The van der Waals surface area contributed by atoms with Gasteiger partial charge in [-0.2, -0.15) is 0 Å². The van der Waals surface area contributed by atoms with E-state index in [4.69, 9.17) is 0 Å². The van der Waals surface area contributed by atoms with Crippen molar-refractivity contribution in [3.05, 3.63) is 53.2 Å². The molecule has 0 aliphatic carbocycles. The first-order valence-corrected chi connectivity index (χ1v) is 5.18. The number of nitrogens with zero attached hydrogens (tertiary/aromatic N) is 1. The molecule has 0 fully saturated rings. The summed E-state index contributed by atoms with van der Waals surface area (Å²) in [7, 11) is 0. The van der Waals surface area contributed by atoms with Crippen molar-refractivity contribution in [2.24, 2.45) is 0 Å². The average molecular weight is 197 g/mol. The summed E-state index contributed by atoms with van der Waals surface area (Å²) in [6.45, 7) is 6.43. The van der Waals surface area contributed by atoms with Gasteiger partial charge < -0.3 is 0 Å². The summed E-state index contributed by atoms with van der Waals surface area (Å²) in [6, 6.07) is 10.4. The minimum atomic E-state index is 1.07. The van der Waals surface area contributed by atoms with E-state index in [1.165, 1.54) is 22.3 Å². The smallest absolute Gasteiger partial charge is 0.0707 e. The van der Waals surface area contributed by atoms with E-state index in [2.05, 4.69) is 44.0 Å². The number of hydrogen-bond donors (Lipinski definition) is 0. The van der Waals surface area contributed by atoms with Crippen LogP contribution < -0.4 is 0 Å². The molecule has 0 bridgehead atoms. The standard InChI is InChI=1S/C14H15N/c1-10-7-8-11(2)14(12(10)3)13-6-4-5-9-15-13/h4-9H,1-3H3. The van der Waals surface area contributed by atoms with Crippen LogP contribution in [0, 0.1) is 20.8 Å². The predicted molar refractivity (Wildman–Crippen MR) is 63.9 cm³/mol. The Morgan fingerprint density at radius 3 is 2.27 bits per heavy atom. The first-order valence-electron chi connectivity index (χ1n) is 5.18. The molecule has 0 N–H and O–H groups in total. The summed E-state index contributed by atoms with van der Waals surface area (Å²) < 4.78 is 0. The molecular weight excluding hydrogens is 182 g/mol. The second-order valence-electron chi connectivity index (χ2n) is 3.91. The predicted octanol–water partition coefficient (Wildman–Crippen LogP) is 3.67. The molecule has 0 aliphatic heterocycles. The van der Waals surface area contributed by atoms with E-state index in [0.29, 0.717) is 0 Å². The Balaban J connectivity index is 2.68. The summed E-state index contributed by atoms with van der Waals surface area (Å²) in [5.41, 5.74) is 6.28. The van der Waals surface area contributed by atoms with Crippen LogP contribution in [0.1, 0.15) is 16.7 Å². The fraction of sp³-hybridized carbons (Fsp3) is 0.214. The van der Waals surface area contributed by atoms with Crippen molar-refractivity contribution in [2.45, 2.75) is 20.8 Å². The van der Waals surface area contributed by atoms with Crippen molar-refractivity contribution in [3.8, 4) is 11.3 Å². The minimum absolute atomic E-state index is 1.07. The normalized spacial score (nSPS) is 10.3. The van der Waals surface area contributed by atoms with Gasteiger partial charge in [0.15, 0.2) is 0 Å². The third-order valence-corrected chi connectivity index (χ3v) is 2.87. The molecule has 0 aliphatic rings. The number of hydrogen-bond acceptors (Lipinski definition) is 1. The van der Waals surface area contributed by atoms with Crippen LogP contribution in [0.15, 0.2) is 36.5 Å². The summed E-state index contributed by atoms with van der Waals surface area (Å²) in [5.74, 6) is 0. The highest BCUT2D eigenvalue weighted by Gasteiger charge is 2.07. The lowest BCUT2D eigenvalue weighted by atomic mass is 9.96.